The molecule has 2 N–H and O–H groups in total. The zero-order valence-corrected chi connectivity index (χ0v) is 17.7. The number of aromatic amines is 1. The highest BCUT2D eigenvalue weighted by Crippen LogP contribution is 2.21. The van der Waals surface area contributed by atoms with E-state index in [-0.39, 0.29) is 5.82 Å². The molecule has 8 nitrogen and oxygen atoms in total. The van der Waals surface area contributed by atoms with E-state index in [1.165, 1.54) is 6.07 Å². The van der Waals surface area contributed by atoms with Crippen LogP contribution in [0.15, 0.2) is 53.5 Å². The van der Waals surface area contributed by atoms with E-state index in [0.29, 0.717) is 18.1 Å². The summed E-state index contributed by atoms with van der Waals surface area (Å²) in [7, 11) is 3.40. The summed E-state index contributed by atoms with van der Waals surface area (Å²) in [6, 6.07) is 14.5. The Morgan fingerprint density at radius 1 is 1.13 bits per heavy atom. The van der Waals surface area contributed by atoms with Gasteiger partial charge in [0, 0.05) is 38.8 Å². The van der Waals surface area contributed by atoms with Gasteiger partial charge < -0.3 is 19.9 Å². The monoisotopic (exact) mass is 423 g/mol. The van der Waals surface area contributed by atoms with E-state index in [9.17, 15) is 4.39 Å². The average molecular weight is 423 g/mol. The zero-order valence-electron chi connectivity index (χ0n) is 17.7. The van der Waals surface area contributed by atoms with Crippen LogP contribution in [-0.4, -0.2) is 66.4 Å². The van der Waals surface area contributed by atoms with Crippen molar-refractivity contribution in [3.63, 3.8) is 0 Å². The molecule has 0 radical (unpaired) electrons. The maximum Gasteiger partial charge on any atom is 0.194 e. The van der Waals surface area contributed by atoms with Crippen LogP contribution in [0.5, 0.6) is 5.75 Å². The molecule has 0 amide bonds. The number of halogens is 1. The molecule has 9 heteroatoms. The first-order chi connectivity index (χ1) is 15.2. The lowest BCUT2D eigenvalue weighted by molar-refractivity contribution is 0.370. The average Bonchev–Trinajstić information content (AvgIpc) is 3.29. The Hall–Kier alpha value is -3.62. The fourth-order valence-electron chi connectivity index (χ4n) is 3.61. The van der Waals surface area contributed by atoms with Gasteiger partial charge in [-0.1, -0.05) is 12.1 Å². The second-order valence-electron chi connectivity index (χ2n) is 7.16. The normalized spacial score (nSPS) is 14.6. The molecule has 1 saturated heterocycles. The van der Waals surface area contributed by atoms with Crippen LogP contribution >= 0.6 is 0 Å². The standard InChI is InChI=1S/C22H26FN7O/c1-24-22(30-13-11-29(12-14-30)19-6-4-3-5-18(19)23)25-15-20-26-21(28-27-20)16-7-9-17(31-2)10-8-16/h3-10H,11-15H2,1-2H3,(H,24,25)(H,26,27,28). The lowest BCUT2D eigenvalue weighted by Gasteiger charge is -2.37. The molecule has 0 atom stereocenters. The van der Waals surface area contributed by atoms with Crippen LogP contribution < -0.4 is 15.0 Å². The van der Waals surface area contributed by atoms with E-state index in [0.717, 1.165) is 49.3 Å². The molecule has 0 saturated carbocycles. The molecule has 4 rings (SSSR count). The predicted octanol–water partition coefficient (Wildman–Crippen LogP) is 2.52. The van der Waals surface area contributed by atoms with E-state index in [4.69, 9.17) is 4.74 Å². The van der Waals surface area contributed by atoms with Gasteiger partial charge in [-0.2, -0.15) is 5.10 Å². The number of rotatable bonds is 5. The SMILES string of the molecule is CN=C(NCc1nc(-c2ccc(OC)cc2)n[nH]1)N1CCN(c2ccccc2F)CC1. The number of nitrogens with zero attached hydrogens (tertiary/aromatic N) is 5. The minimum absolute atomic E-state index is 0.184. The summed E-state index contributed by atoms with van der Waals surface area (Å²) in [5.74, 6) is 2.75. The van der Waals surface area contributed by atoms with E-state index in [1.54, 1.807) is 20.2 Å². The molecule has 1 fully saturated rings. The van der Waals surface area contributed by atoms with Gasteiger partial charge in [0.15, 0.2) is 11.8 Å². The van der Waals surface area contributed by atoms with Gasteiger partial charge in [-0.25, -0.2) is 9.37 Å². The number of para-hydroxylation sites is 1. The molecule has 1 aromatic heterocycles. The van der Waals surface area contributed by atoms with E-state index < -0.39 is 0 Å². The molecule has 162 valence electrons. The van der Waals surface area contributed by atoms with Gasteiger partial charge in [0.25, 0.3) is 0 Å². The Morgan fingerprint density at radius 3 is 2.55 bits per heavy atom. The Labute approximate surface area is 180 Å². The highest BCUT2D eigenvalue weighted by atomic mass is 19.1. The lowest BCUT2D eigenvalue weighted by Crippen LogP contribution is -2.52. The summed E-state index contributed by atoms with van der Waals surface area (Å²) < 4.78 is 19.2. The molecule has 1 aliphatic heterocycles. The quantitative estimate of drug-likeness (QED) is 0.485. The lowest BCUT2D eigenvalue weighted by atomic mass is 10.2. The van der Waals surface area contributed by atoms with Crippen molar-refractivity contribution in [3.8, 4) is 17.1 Å². The molecule has 2 aromatic carbocycles. The summed E-state index contributed by atoms with van der Waals surface area (Å²) in [6.45, 7) is 3.43. The summed E-state index contributed by atoms with van der Waals surface area (Å²) in [5.41, 5.74) is 1.56. The maximum absolute atomic E-state index is 14.1. The van der Waals surface area contributed by atoms with Crippen molar-refractivity contribution >= 4 is 11.6 Å². The van der Waals surface area contributed by atoms with Crippen LogP contribution in [0.2, 0.25) is 0 Å². The van der Waals surface area contributed by atoms with Crippen LogP contribution in [0.1, 0.15) is 5.82 Å². The van der Waals surface area contributed by atoms with Crippen LogP contribution in [0.3, 0.4) is 0 Å². The molecule has 1 aliphatic rings. The maximum atomic E-state index is 14.1. The zero-order chi connectivity index (χ0) is 21.6. The minimum atomic E-state index is -0.184. The summed E-state index contributed by atoms with van der Waals surface area (Å²) >= 11 is 0. The third kappa shape index (κ3) is 4.76. The van der Waals surface area contributed by atoms with Gasteiger partial charge in [0.1, 0.15) is 17.4 Å². The van der Waals surface area contributed by atoms with Crippen molar-refractivity contribution in [1.82, 2.24) is 25.4 Å². The van der Waals surface area contributed by atoms with Crippen molar-refractivity contribution in [2.24, 2.45) is 4.99 Å². The largest absolute Gasteiger partial charge is 0.497 e. The molecule has 0 bridgehead atoms. The summed E-state index contributed by atoms with van der Waals surface area (Å²) in [5, 5.41) is 10.6. The number of anilines is 1. The first-order valence-electron chi connectivity index (χ1n) is 10.2. The number of aromatic nitrogens is 3. The first kappa shape index (κ1) is 20.6. The van der Waals surface area contributed by atoms with Crippen molar-refractivity contribution in [1.29, 1.82) is 0 Å². The first-order valence-corrected chi connectivity index (χ1v) is 10.2. The van der Waals surface area contributed by atoms with Crippen molar-refractivity contribution in [3.05, 3.63) is 60.2 Å². The van der Waals surface area contributed by atoms with Gasteiger partial charge >= 0.3 is 0 Å². The Kier molecular flexibility index (Phi) is 6.30. The number of hydrogen-bond donors (Lipinski definition) is 2. The second kappa shape index (κ2) is 9.46. The smallest absolute Gasteiger partial charge is 0.194 e. The third-order valence-corrected chi connectivity index (χ3v) is 5.28. The molecule has 2 heterocycles. The Bertz CT molecular complexity index is 1030. The van der Waals surface area contributed by atoms with Gasteiger partial charge in [-0.3, -0.25) is 10.1 Å². The predicted molar refractivity (Wildman–Crippen MR) is 119 cm³/mol. The Balaban J connectivity index is 1.32. The minimum Gasteiger partial charge on any atom is -0.497 e. The number of nitrogens with one attached hydrogen (secondary N) is 2. The second-order valence-corrected chi connectivity index (χ2v) is 7.16. The molecular weight excluding hydrogens is 397 g/mol. The van der Waals surface area contributed by atoms with Crippen molar-refractivity contribution < 1.29 is 9.13 Å². The van der Waals surface area contributed by atoms with Gasteiger partial charge in [-0.05, 0) is 36.4 Å². The van der Waals surface area contributed by atoms with Crippen molar-refractivity contribution in [2.45, 2.75) is 6.54 Å². The summed E-state index contributed by atoms with van der Waals surface area (Å²) in [4.78, 5) is 13.2. The van der Waals surface area contributed by atoms with E-state index in [1.807, 2.05) is 36.4 Å². The highest BCUT2D eigenvalue weighted by molar-refractivity contribution is 5.80. The van der Waals surface area contributed by atoms with Crippen LogP contribution in [0.25, 0.3) is 11.4 Å². The Morgan fingerprint density at radius 2 is 1.87 bits per heavy atom. The molecular formula is C22H26FN7O. The van der Waals surface area contributed by atoms with Gasteiger partial charge in [0.2, 0.25) is 0 Å². The molecule has 0 unspecified atom stereocenters. The fourth-order valence-corrected chi connectivity index (χ4v) is 3.61. The molecule has 0 spiro atoms. The topological polar surface area (TPSA) is 81.7 Å². The molecule has 3 aromatic rings. The number of aliphatic imine (C=N–C) groups is 1. The van der Waals surface area contributed by atoms with Crippen LogP contribution in [0, 0.1) is 5.82 Å². The van der Waals surface area contributed by atoms with Crippen molar-refractivity contribution in [2.75, 3.05) is 45.2 Å². The van der Waals surface area contributed by atoms with Gasteiger partial charge in [0.05, 0.1) is 19.3 Å². The number of hydrogen-bond acceptors (Lipinski definition) is 5. The van der Waals surface area contributed by atoms with Crippen LogP contribution in [-0.2, 0) is 6.54 Å². The van der Waals surface area contributed by atoms with E-state index in [2.05, 4.69) is 35.3 Å². The number of guanidine groups is 1. The fraction of sp³-hybridized carbons (Fsp3) is 0.318. The molecule has 0 aliphatic carbocycles. The number of ether oxygens (including phenoxy) is 1. The number of H-pyrrole nitrogens is 1. The highest BCUT2D eigenvalue weighted by Gasteiger charge is 2.21. The van der Waals surface area contributed by atoms with Gasteiger partial charge in [-0.15, -0.1) is 0 Å². The number of piperazine rings is 1. The van der Waals surface area contributed by atoms with E-state index >= 15 is 0 Å². The third-order valence-electron chi connectivity index (χ3n) is 5.28. The summed E-state index contributed by atoms with van der Waals surface area (Å²) in [6.07, 6.45) is 0. The number of methoxy groups -OCH3 is 1. The number of benzene rings is 2. The van der Waals surface area contributed by atoms with Crippen LogP contribution in [0.4, 0.5) is 10.1 Å². The molecule has 31 heavy (non-hydrogen) atoms.